The number of hydrogen-bond donors (Lipinski definition) is 2. The summed E-state index contributed by atoms with van der Waals surface area (Å²) >= 11 is 0. The van der Waals surface area contributed by atoms with Gasteiger partial charge >= 0.3 is 0 Å². The van der Waals surface area contributed by atoms with Gasteiger partial charge in [0.25, 0.3) is 0 Å². The molecule has 3 fully saturated rings. The number of aliphatic hydroxyl groups is 2. The van der Waals surface area contributed by atoms with Crippen molar-refractivity contribution >= 4 is 0 Å². The van der Waals surface area contributed by atoms with Crippen LogP contribution in [0, 0.1) is 17.3 Å². The molecule has 0 aromatic carbocycles. The first-order valence-electron chi connectivity index (χ1n) is 9.57. The third-order valence-corrected chi connectivity index (χ3v) is 7.05. The average molecular weight is 294 g/mol. The fourth-order valence-electron chi connectivity index (χ4n) is 5.87. The molecule has 2 unspecified atom stereocenters. The van der Waals surface area contributed by atoms with Gasteiger partial charge in [0.2, 0.25) is 0 Å². The average Bonchev–Trinajstić information content (AvgIpc) is 2.74. The Kier molecular flexibility index (Phi) is 5.27. The van der Waals surface area contributed by atoms with E-state index in [0.717, 1.165) is 37.5 Å². The molecule has 2 nitrogen and oxygen atoms in total. The van der Waals surface area contributed by atoms with Gasteiger partial charge in [-0.3, -0.25) is 0 Å². The van der Waals surface area contributed by atoms with Crippen LogP contribution in [-0.4, -0.2) is 22.4 Å². The minimum Gasteiger partial charge on any atom is -0.393 e. The summed E-state index contributed by atoms with van der Waals surface area (Å²) < 4.78 is 0. The van der Waals surface area contributed by atoms with Crippen LogP contribution < -0.4 is 0 Å². The van der Waals surface area contributed by atoms with E-state index in [0.29, 0.717) is 5.41 Å². The van der Waals surface area contributed by atoms with Crippen molar-refractivity contribution in [3.05, 3.63) is 0 Å². The molecule has 2 N–H and O–H groups in total. The lowest BCUT2D eigenvalue weighted by atomic mass is 9.54. The summed E-state index contributed by atoms with van der Waals surface area (Å²) in [4.78, 5) is 0. The zero-order valence-corrected chi connectivity index (χ0v) is 13.6. The zero-order chi connectivity index (χ0) is 14.7. The van der Waals surface area contributed by atoms with E-state index in [4.69, 9.17) is 0 Å². The van der Waals surface area contributed by atoms with Crippen molar-refractivity contribution < 1.29 is 10.2 Å². The molecular weight excluding hydrogens is 260 g/mol. The Morgan fingerprint density at radius 2 is 1.05 bits per heavy atom. The van der Waals surface area contributed by atoms with E-state index in [-0.39, 0.29) is 12.2 Å². The van der Waals surface area contributed by atoms with Crippen LogP contribution in [-0.2, 0) is 0 Å². The van der Waals surface area contributed by atoms with Crippen LogP contribution in [0.15, 0.2) is 0 Å². The maximum absolute atomic E-state index is 10.0. The molecule has 0 heterocycles. The zero-order valence-electron chi connectivity index (χ0n) is 13.6. The first-order valence-corrected chi connectivity index (χ1v) is 9.57. The molecule has 2 heteroatoms. The van der Waals surface area contributed by atoms with Crippen molar-refractivity contribution in [2.75, 3.05) is 0 Å². The predicted molar refractivity (Wildman–Crippen MR) is 86.1 cm³/mol. The normalized spacial score (nSPS) is 41.4. The Morgan fingerprint density at radius 3 is 1.67 bits per heavy atom. The highest BCUT2D eigenvalue weighted by atomic mass is 16.3. The van der Waals surface area contributed by atoms with E-state index in [1.54, 1.807) is 0 Å². The molecule has 3 aliphatic rings. The SMILES string of the molecule is OC1CCCC(C2(C3CCC(O)CC3)CCCCC2)CC1. The van der Waals surface area contributed by atoms with Crippen LogP contribution in [0.5, 0.6) is 0 Å². The van der Waals surface area contributed by atoms with E-state index in [2.05, 4.69) is 0 Å². The van der Waals surface area contributed by atoms with Gasteiger partial charge in [0.1, 0.15) is 0 Å². The predicted octanol–water partition coefficient (Wildman–Crippen LogP) is 4.43. The van der Waals surface area contributed by atoms with E-state index >= 15 is 0 Å². The van der Waals surface area contributed by atoms with Gasteiger partial charge in [0.15, 0.2) is 0 Å². The maximum atomic E-state index is 10.0. The summed E-state index contributed by atoms with van der Waals surface area (Å²) in [6, 6.07) is 0. The number of hydrogen-bond acceptors (Lipinski definition) is 2. The van der Waals surface area contributed by atoms with Crippen molar-refractivity contribution in [1.29, 1.82) is 0 Å². The van der Waals surface area contributed by atoms with Gasteiger partial charge < -0.3 is 10.2 Å². The van der Waals surface area contributed by atoms with Crippen molar-refractivity contribution in [3.8, 4) is 0 Å². The molecule has 21 heavy (non-hydrogen) atoms. The standard InChI is InChI=1S/C19H34O2/c20-17-6-4-5-15(7-10-17)19(13-2-1-3-14-19)16-8-11-18(21)12-9-16/h15-18,20-21H,1-14H2. The minimum atomic E-state index is -0.0381. The van der Waals surface area contributed by atoms with Gasteiger partial charge in [-0.2, -0.15) is 0 Å². The molecule has 3 rings (SSSR count). The molecule has 0 spiro atoms. The number of aliphatic hydroxyl groups excluding tert-OH is 2. The van der Waals surface area contributed by atoms with Gasteiger partial charge in [-0.15, -0.1) is 0 Å². The second kappa shape index (κ2) is 7.00. The highest BCUT2D eigenvalue weighted by Crippen LogP contribution is 2.56. The van der Waals surface area contributed by atoms with E-state index < -0.39 is 0 Å². The van der Waals surface area contributed by atoms with Crippen molar-refractivity contribution in [2.24, 2.45) is 17.3 Å². The molecule has 0 aromatic heterocycles. The largest absolute Gasteiger partial charge is 0.393 e. The second-order valence-electron chi connectivity index (χ2n) is 8.16. The lowest BCUT2D eigenvalue weighted by Gasteiger charge is -2.51. The molecule has 0 bridgehead atoms. The smallest absolute Gasteiger partial charge is 0.0540 e. The van der Waals surface area contributed by atoms with Crippen LogP contribution in [0.1, 0.15) is 89.9 Å². The van der Waals surface area contributed by atoms with Crippen LogP contribution in [0.25, 0.3) is 0 Å². The fraction of sp³-hybridized carbons (Fsp3) is 1.00. The van der Waals surface area contributed by atoms with Gasteiger partial charge in [0.05, 0.1) is 12.2 Å². The molecule has 0 aromatic rings. The summed E-state index contributed by atoms with van der Waals surface area (Å²) in [5, 5.41) is 19.9. The molecule has 3 aliphatic carbocycles. The highest BCUT2D eigenvalue weighted by Gasteiger charge is 2.46. The minimum absolute atomic E-state index is 0.0298. The first kappa shape index (κ1) is 15.8. The van der Waals surface area contributed by atoms with Crippen LogP contribution in [0.2, 0.25) is 0 Å². The van der Waals surface area contributed by atoms with Crippen molar-refractivity contribution in [2.45, 2.75) is 102 Å². The monoisotopic (exact) mass is 294 g/mol. The quantitative estimate of drug-likeness (QED) is 0.740. The van der Waals surface area contributed by atoms with Gasteiger partial charge in [-0.05, 0) is 81.5 Å². The van der Waals surface area contributed by atoms with Crippen molar-refractivity contribution in [1.82, 2.24) is 0 Å². The Morgan fingerprint density at radius 1 is 0.524 bits per heavy atom. The lowest BCUT2D eigenvalue weighted by molar-refractivity contribution is -0.0246. The van der Waals surface area contributed by atoms with Crippen LogP contribution in [0.4, 0.5) is 0 Å². The summed E-state index contributed by atoms with van der Waals surface area (Å²) in [5.74, 6) is 1.69. The summed E-state index contributed by atoms with van der Waals surface area (Å²) in [6.45, 7) is 0. The van der Waals surface area contributed by atoms with E-state index in [9.17, 15) is 10.2 Å². The third-order valence-electron chi connectivity index (χ3n) is 7.05. The molecule has 0 saturated heterocycles. The topological polar surface area (TPSA) is 40.5 Å². The maximum Gasteiger partial charge on any atom is 0.0540 e. The molecular formula is C19H34O2. The van der Waals surface area contributed by atoms with Crippen LogP contribution >= 0.6 is 0 Å². The summed E-state index contributed by atoms with van der Waals surface area (Å²) in [5.41, 5.74) is 0.558. The van der Waals surface area contributed by atoms with E-state index in [1.165, 1.54) is 64.2 Å². The Hall–Kier alpha value is -0.0800. The molecule has 0 radical (unpaired) electrons. The Balaban J connectivity index is 1.75. The Labute approximate surface area is 130 Å². The molecule has 0 aliphatic heterocycles. The summed E-state index contributed by atoms with van der Waals surface area (Å²) in [7, 11) is 0. The fourth-order valence-corrected chi connectivity index (χ4v) is 5.87. The first-order chi connectivity index (χ1) is 10.2. The highest BCUT2D eigenvalue weighted by molar-refractivity contribution is 4.96. The molecule has 122 valence electrons. The summed E-state index contributed by atoms with van der Waals surface area (Å²) in [6.07, 6.45) is 17.5. The number of rotatable bonds is 2. The lowest BCUT2D eigenvalue weighted by Crippen LogP contribution is -2.42. The van der Waals surface area contributed by atoms with Crippen LogP contribution in [0.3, 0.4) is 0 Å². The van der Waals surface area contributed by atoms with Gasteiger partial charge in [-0.25, -0.2) is 0 Å². The van der Waals surface area contributed by atoms with Gasteiger partial charge in [-0.1, -0.05) is 25.7 Å². The Bertz CT molecular complexity index is 314. The molecule has 2 atom stereocenters. The third kappa shape index (κ3) is 3.47. The van der Waals surface area contributed by atoms with Crippen molar-refractivity contribution in [3.63, 3.8) is 0 Å². The molecule has 0 amide bonds. The second-order valence-corrected chi connectivity index (χ2v) is 8.16. The molecule has 3 saturated carbocycles. The van der Waals surface area contributed by atoms with E-state index in [1.807, 2.05) is 0 Å². The van der Waals surface area contributed by atoms with Gasteiger partial charge in [0, 0.05) is 0 Å².